The number of aromatic nitrogens is 2. The Morgan fingerprint density at radius 3 is 0.939 bits per heavy atom. The summed E-state index contributed by atoms with van der Waals surface area (Å²) in [7, 11) is 0. The zero-order valence-electron chi connectivity index (χ0n) is 31.4. The third-order valence-corrected chi connectivity index (χ3v) is 10.2. The molecule has 0 spiro atoms. The maximum absolute atomic E-state index is 15.4. The molecule has 8 rings (SSSR count). The quantitative estimate of drug-likeness (QED) is 0.0415. The van der Waals surface area contributed by atoms with Crippen LogP contribution in [0.5, 0.6) is 5.75 Å². The molecule has 0 fully saturated rings. The summed E-state index contributed by atoms with van der Waals surface area (Å²) < 4.78 is 296. The fourth-order valence-corrected chi connectivity index (χ4v) is 7.45. The molecule has 0 saturated heterocycles. The van der Waals surface area contributed by atoms with Gasteiger partial charge in [-0.1, -0.05) is 48.5 Å². The molecule has 66 heavy (non-hydrogen) atoms. The predicted octanol–water partition coefficient (Wildman–Crippen LogP) is 9.36. The Morgan fingerprint density at radius 2 is 0.606 bits per heavy atom. The molecular weight excluding hydrogens is 939 g/mol. The Labute approximate surface area is 353 Å². The molecule has 0 bridgehead atoms. The van der Waals surface area contributed by atoms with Gasteiger partial charge in [-0.25, -0.2) is 92.6 Å². The van der Waals surface area contributed by atoms with Crippen molar-refractivity contribution in [1.29, 1.82) is 0 Å². The topological polar surface area (TPSA) is 26.0 Å². The number of nitrogens with zero attached hydrogens (tertiary/aromatic N) is 2. The van der Waals surface area contributed by atoms with Gasteiger partial charge in [0, 0.05) is 10.1 Å². The van der Waals surface area contributed by atoms with E-state index >= 15 is 35.1 Å². The van der Waals surface area contributed by atoms with Gasteiger partial charge in [0.1, 0.15) is 52.7 Å². The molecule has 0 atom stereocenters. The van der Waals surface area contributed by atoms with E-state index in [4.69, 9.17) is 4.84 Å². The van der Waals surface area contributed by atoms with Crippen molar-refractivity contribution in [3.05, 3.63) is 196 Å². The van der Waals surface area contributed by atoms with Crippen LogP contribution < -0.4 is 31.4 Å². The minimum atomic E-state index is -7.22. The molecule has 8 aromatic rings. The number of halogens is 20. The Morgan fingerprint density at radius 1 is 0.333 bits per heavy atom. The van der Waals surface area contributed by atoms with E-state index in [2.05, 4.69) is 47.4 Å². The van der Waals surface area contributed by atoms with Gasteiger partial charge in [-0.2, -0.15) is 0 Å². The third kappa shape index (κ3) is 6.96. The van der Waals surface area contributed by atoms with Crippen molar-refractivity contribution in [2.45, 2.75) is 0 Å². The summed E-state index contributed by atoms with van der Waals surface area (Å²) in [4.78, 5) is 9.97. The van der Waals surface area contributed by atoms with Crippen LogP contribution in [-0.4, -0.2) is 11.1 Å². The van der Waals surface area contributed by atoms with Crippen LogP contribution in [0.25, 0.3) is 21.5 Å². The van der Waals surface area contributed by atoms with Gasteiger partial charge in [0.15, 0.2) is 69.8 Å². The third-order valence-electron chi connectivity index (χ3n) is 10.2. The second-order valence-electron chi connectivity index (χ2n) is 13.6. The van der Waals surface area contributed by atoms with Crippen LogP contribution in [0.1, 0.15) is 0 Å². The molecule has 7 aromatic carbocycles. The molecule has 0 amide bonds. The molecule has 0 aliphatic carbocycles. The van der Waals surface area contributed by atoms with Crippen molar-refractivity contribution in [3.63, 3.8) is 0 Å². The first kappa shape index (κ1) is 46.6. The van der Waals surface area contributed by atoms with Crippen LogP contribution in [0.15, 0.2) is 79.4 Å². The molecule has 3 nitrogen and oxygen atoms in total. The lowest BCUT2D eigenvalue weighted by molar-refractivity contribution is -0.875. The van der Waals surface area contributed by atoms with Gasteiger partial charge < -0.3 is 0 Å². The summed E-state index contributed by atoms with van der Waals surface area (Å²) in [5, 5.41) is 4.70. The molecule has 0 unspecified atom stereocenters. The average molecular weight is 952 g/mol. The lowest BCUT2D eigenvalue weighted by Gasteiger charge is -2.44. The van der Waals surface area contributed by atoms with Crippen molar-refractivity contribution >= 4 is 49.5 Å². The number of fused-ring (bicyclic) bond motifs is 3. The zero-order chi connectivity index (χ0) is 48.4. The first-order valence-electron chi connectivity index (χ1n) is 17.8. The largest absolute Gasteiger partial charge is 0.252 e. The minimum Gasteiger partial charge on any atom is -0.252 e. The van der Waals surface area contributed by atoms with E-state index in [-0.39, 0.29) is 0 Å². The molecule has 0 N–H and O–H groups in total. The lowest BCUT2D eigenvalue weighted by Crippen LogP contribution is -2.81. The summed E-state index contributed by atoms with van der Waals surface area (Å²) in [6.07, 6.45) is -0.258. The van der Waals surface area contributed by atoms with E-state index in [0.29, 0.717) is 0 Å². The average Bonchev–Trinajstić information content (AvgIpc) is 3.32. The molecule has 0 saturated carbocycles. The van der Waals surface area contributed by atoms with Gasteiger partial charge in [0.2, 0.25) is 18.1 Å². The van der Waals surface area contributed by atoms with Crippen LogP contribution in [0.4, 0.5) is 87.8 Å². The summed E-state index contributed by atoms with van der Waals surface area (Å²) in [5.74, 6) is -70.6. The molecule has 0 aliphatic heterocycles. The maximum atomic E-state index is 15.4. The van der Waals surface area contributed by atoms with Gasteiger partial charge >= 0.3 is 0 Å². The standard InChI is InChI=1S/C24BF20.C18H13N2O/c26-5-1(6(27)14(35)21(42)13(5)34)25(2-7(28)15(36)22(43)16(37)8(2)29,3-9(30)17(38)23(44)18(39)10(3)31)4-11(32)19(40)24(45)20(41)12(4)33;1-2-6-15-14(5-1)13-18(17-8-4-3-7-16(15)17)21-20-11-9-19-10-12-20/h;1-13H/q-1;+1. The molecule has 1 heterocycles. The highest BCUT2D eigenvalue weighted by Gasteiger charge is 2.52. The fourth-order valence-electron chi connectivity index (χ4n) is 7.45. The maximum Gasteiger partial charge on any atom is 0.241 e. The van der Waals surface area contributed by atoms with E-state index in [0.717, 1.165) is 11.1 Å². The number of hydrogen-bond acceptors (Lipinski definition) is 2. The Balaban J connectivity index is 0.000000254. The number of benzene rings is 7. The predicted molar refractivity (Wildman–Crippen MR) is 191 cm³/mol. The lowest BCUT2D eigenvalue weighted by atomic mass is 9.12. The van der Waals surface area contributed by atoms with E-state index in [1.165, 1.54) is 16.2 Å². The number of hydrogen-bond donors (Lipinski definition) is 0. The smallest absolute Gasteiger partial charge is 0.241 e. The Kier molecular flexibility index (Phi) is 12.1. The van der Waals surface area contributed by atoms with Crippen molar-refractivity contribution < 1.29 is 97.4 Å². The van der Waals surface area contributed by atoms with E-state index in [9.17, 15) is 52.7 Å². The van der Waals surface area contributed by atoms with Crippen LogP contribution >= 0.6 is 0 Å². The minimum absolute atomic E-state index is 0.834. The van der Waals surface area contributed by atoms with Crippen LogP contribution in [0.3, 0.4) is 0 Å². The second kappa shape index (κ2) is 17.2. The van der Waals surface area contributed by atoms with Crippen molar-refractivity contribution in [1.82, 2.24) is 4.98 Å². The highest BCUT2D eigenvalue weighted by Crippen LogP contribution is 2.34. The van der Waals surface area contributed by atoms with Gasteiger partial charge in [0.25, 0.3) is 0 Å². The summed E-state index contributed by atoms with van der Waals surface area (Å²) in [6, 6.07) is 18.7. The van der Waals surface area contributed by atoms with E-state index < -0.39 is 144 Å². The normalized spacial score (nSPS) is 11.6. The van der Waals surface area contributed by atoms with Crippen LogP contribution in [0, 0.1) is 116 Å². The summed E-state index contributed by atoms with van der Waals surface area (Å²) in [5.41, 5.74) is -14.3. The zero-order valence-corrected chi connectivity index (χ0v) is 31.4. The first-order valence-corrected chi connectivity index (χ1v) is 17.8. The Bertz CT molecular complexity index is 2920. The molecule has 0 aliphatic rings. The van der Waals surface area contributed by atoms with Crippen molar-refractivity contribution in [2.75, 3.05) is 0 Å². The van der Waals surface area contributed by atoms with Gasteiger partial charge in [-0.3, -0.25) is 4.98 Å². The van der Waals surface area contributed by atoms with Gasteiger partial charge in [-0.15, -0.1) is 21.9 Å². The fraction of sp³-hybridized carbons (Fsp3) is 0. The van der Waals surface area contributed by atoms with Crippen LogP contribution in [0.2, 0.25) is 0 Å². The van der Waals surface area contributed by atoms with E-state index in [1.807, 2.05) is 12.1 Å². The SMILES string of the molecule is Fc1c(F)c(F)c([B-](c2c(F)c(F)c(F)c(F)c2F)(c2c(F)c(F)c(F)c(F)c2F)c2c(F)c(F)c(F)c(F)c2F)c(F)c1F.c1ccc2c(c1)cc(O[n+]1ccncc1)c1ccccc12. The van der Waals surface area contributed by atoms with Gasteiger partial charge in [-0.05, 0) is 22.2 Å². The summed E-state index contributed by atoms with van der Waals surface area (Å²) >= 11 is 0. The molecule has 0 radical (unpaired) electrons. The molecular formula is C42H13BF20N2O. The molecule has 340 valence electrons. The molecule has 1 aromatic heterocycles. The van der Waals surface area contributed by atoms with Crippen molar-refractivity contribution in [2.24, 2.45) is 0 Å². The number of rotatable bonds is 6. The van der Waals surface area contributed by atoms with Crippen LogP contribution in [-0.2, 0) is 0 Å². The molecule has 24 heteroatoms. The first-order chi connectivity index (χ1) is 31.1. The van der Waals surface area contributed by atoms with Gasteiger partial charge in [0.05, 0.1) is 12.4 Å². The summed E-state index contributed by atoms with van der Waals surface area (Å²) in [6.45, 7) is 0. The van der Waals surface area contributed by atoms with Crippen molar-refractivity contribution in [3.8, 4) is 5.75 Å². The highest BCUT2D eigenvalue weighted by atomic mass is 19.2. The second-order valence-corrected chi connectivity index (χ2v) is 13.6. The Hall–Kier alpha value is -7.40. The van der Waals surface area contributed by atoms with E-state index in [1.54, 1.807) is 29.5 Å². The monoisotopic (exact) mass is 952 g/mol. The highest BCUT2D eigenvalue weighted by molar-refractivity contribution is 7.20.